The van der Waals surface area contributed by atoms with Gasteiger partial charge in [-0.1, -0.05) is 39.0 Å². The molecule has 20 heavy (non-hydrogen) atoms. The van der Waals surface area contributed by atoms with Gasteiger partial charge in [0.25, 0.3) is 0 Å². The van der Waals surface area contributed by atoms with Crippen LogP contribution in [-0.2, 0) is 4.79 Å². The fourth-order valence-corrected chi connectivity index (χ4v) is 3.70. The molecule has 3 heteroatoms. The molecule has 3 atom stereocenters. The number of carbonyl (C=O) groups excluding carboxylic acids is 1. The largest absolute Gasteiger partial charge is 0.341 e. The molecule has 1 heterocycles. The second-order valence-electron chi connectivity index (χ2n) is 6.85. The number of amides is 1. The topological polar surface area (TPSA) is 32.3 Å². The monoisotopic (exact) mass is 280 g/mol. The van der Waals surface area contributed by atoms with Crippen molar-refractivity contribution in [2.45, 2.75) is 83.7 Å². The lowest BCUT2D eigenvalue weighted by atomic mass is 9.96. The Balaban J connectivity index is 1.85. The van der Waals surface area contributed by atoms with Crippen molar-refractivity contribution in [1.29, 1.82) is 0 Å². The Morgan fingerprint density at radius 1 is 1.00 bits per heavy atom. The molecule has 3 unspecified atom stereocenters. The van der Waals surface area contributed by atoms with Gasteiger partial charge in [0.2, 0.25) is 5.91 Å². The van der Waals surface area contributed by atoms with E-state index in [1.807, 2.05) is 0 Å². The average molecular weight is 280 g/mol. The Morgan fingerprint density at radius 3 is 2.30 bits per heavy atom. The van der Waals surface area contributed by atoms with Gasteiger partial charge in [-0.3, -0.25) is 4.79 Å². The van der Waals surface area contributed by atoms with Crippen molar-refractivity contribution in [3.63, 3.8) is 0 Å². The fourth-order valence-electron chi connectivity index (χ4n) is 3.70. The maximum absolute atomic E-state index is 12.6. The lowest BCUT2D eigenvalue weighted by Gasteiger charge is -2.30. The fraction of sp³-hybridized carbons (Fsp3) is 0.941. The molecule has 0 radical (unpaired) electrons. The third-order valence-corrected chi connectivity index (χ3v) is 5.11. The first-order chi connectivity index (χ1) is 9.68. The van der Waals surface area contributed by atoms with E-state index in [1.165, 1.54) is 57.8 Å². The van der Waals surface area contributed by atoms with Gasteiger partial charge in [-0.05, 0) is 38.5 Å². The molecule has 2 fully saturated rings. The van der Waals surface area contributed by atoms with Crippen molar-refractivity contribution in [2.24, 2.45) is 5.92 Å². The Morgan fingerprint density at radius 2 is 1.60 bits per heavy atom. The second kappa shape index (κ2) is 8.02. The minimum atomic E-state index is -0.0151. The normalized spacial score (nSPS) is 30.4. The number of nitrogens with one attached hydrogen (secondary N) is 1. The third kappa shape index (κ3) is 4.47. The molecular formula is C17H32N2O. The molecule has 0 aromatic rings. The number of carbonyl (C=O) groups is 1. The molecule has 2 aliphatic rings. The Bertz CT molecular complexity index is 297. The first kappa shape index (κ1) is 15.8. The van der Waals surface area contributed by atoms with E-state index in [2.05, 4.69) is 24.1 Å². The quantitative estimate of drug-likeness (QED) is 0.804. The van der Waals surface area contributed by atoms with E-state index in [9.17, 15) is 4.79 Å². The SMILES string of the molecule is CC(NC1CCCCCC1C)C(=O)N1CCCCCC1. The van der Waals surface area contributed by atoms with Crippen LogP contribution in [0.3, 0.4) is 0 Å². The summed E-state index contributed by atoms with van der Waals surface area (Å²) in [6.07, 6.45) is 11.5. The highest BCUT2D eigenvalue weighted by Gasteiger charge is 2.26. The summed E-state index contributed by atoms with van der Waals surface area (Å²) in [5.74, 6) is 1.03. The molecule has 3 nitrogen and oxygen atoms in total. The average Bonchev–Trinajstić information content (AvgIpc) is 2.82. The number of hydrogen-bond donors (Lipinski definition) is 1. The molecule has 116 valence electrons. The van der Waals surface area contributed by atoms with Gasteiger partial charge in [-0.2, -0.15) is 0 Å². The van der Waals surface area contributed by atoms with Gasteiger partial charge >= 0.3 is 0 Å². The highest BCUT2D eigenvalue weighted by molar-refractivity contribution is 5.81. The van der Waals surface area contributed by atoms with Crippen LogP contribution in [0.5, 0.6) is 0 Å². The molecule has 0 aromatic heterocycles. The summed E-state index contributed by atoms with van der Waals surface area (Å²) in [4.78, 5) is 14.7. The van der Waals surface area contributed by atoms with Crippen LogP contribution in [-0.4, -0.2) is 36.0 Å². The molecule has 1 N–H and O–H groups in total. The highest BCUT2D eigenvalue weighted by atomic mass is 16.2. The molecule has 1 amide bonds. The summed E-state index contributed by atoms with van der Waals surface area (Å²) >= 11 is 0. The van der Waals surface area contributed by atoms with Crippen molar-refractivity contribution in [3.8, 4) is 0 Å². The summed E-state index contributed by atoms with van der Waals surface area (Å²) in [7, 11) is 0. The van der Waals surface area contributed by atoms with Gasteiger partial charge in [-0.15, -0.1) is 0 Å². The molecule has 1 saturated carbocycles. The van der Waals surface area contributed by atoms with Crippen molar-refractivity contribution < 1.29 is 4.79 Å². The van der Waals surface area contributed by atoms with Crippen LogP contribution >= 0.6 is 0 Å². The van der Waals surface area contributed by atoms with Gasteiger partial charge in [0, 0.05) is 19.1 Å². The van der Waals surface area contributed by atoms with Crippen molar-refractivity contribution >= 4 is 5.91 Å². The van der Waals surface area contributed by atoms with Gasteiger partial charge in [0.1, 0.15) is 0 Å². The standard InChI is InChI=1S/C17H32N2O/c1-14-10-6-5-7-11-16(14)18-15(2)17(20)19-12-8-3-4-9-13-19/h14-16,18H,3-13H2,1-2H3. The molecule has 1 saturated heterocycles. The first-order valence-corrected chi connectivity index (χ1v) is 8.73. The zero-order valence-electron chi connectivity index (χ0n) is 13.4. The van der Waals surface area contributed by atoms with E-state index >= 15 is 0 Å². The summed E-state index contributed by atoms with van der Waals surface area (Å²) in [5.41, 5.74) is 0. The van der Waals surface area contributed by atoms with Gasteiger partial charge in [0.05, 0.1) is 6.04 Å². The minimum absolute atomic E-state index is 0.0151. The highest BCUT2D eigenvalue weighted by Crippen LogP contribution is 2.23. The zero-order chi connectivity index (χ0) is 14.4. The van der Waals surface area contributed by atoms with Crippen LogP contribution in [0.2, 0.25) is 0 Å². The van der Waals surface area contributed by atoms with Crippen molar-refractivity contribution in [2.75, 3.05) is 13.1 Å². The van der Waals surface area contributed by atoms with E-state index < -0.39 is 0 Å². The number of hydrogen-bond acceptors (Lipinski definition) is 2. The minimum Gasteiger partial charge on any atom is -0.341 e. The number of nitrogens with zero attached hydrogens (tertiary/aromatic N) is 1. The molecule has 0 aromatic carbocycles. The zero-order valence-corrected chi connectivity index (χ0v) is 13.4. The van der Waals surface area contributed by atoms with Gasteiger partial charge in [-0.25, -0.2) is 0 Å². The smallest absolute Gasteiger partial charge is 0.239 e. The Labute approximate surface area is 124 Å². The van der Waals surface area contributed by atoms with Crippen LogP contribution in [0.25, 0.3) is 0 Å². The first-order valence-electron chi connectivity index (χ1n) is 8.73. The molecule has 0 spiro atoms. The van der Waals surface area contributed by atoms with Crippen LogP contribution in [0, 0.1) is 5.92 Å². The van der Waals surface area contributed by atoms with E-state index in [-0.39, 0.29) is 6.04 Å². The maximum atomic E-state index is 12.6. The van der Waals surface area contributed by atoms with E-state index in [0.717, 1.165) is 13.1 Å². The Kier molecular flexibility index (Phi) is 6.34. The third-order valence-electron chi connectivity index (χ3n) is 5.11. The van der Waals surface area contributed by atoms with Crippen molar-refractivity contribution in [3.05, 3.63) is 0 Å². The van der Waals surface area contributed by atoms with Crippen LogP contribution in [0.4, 0.5) is 0 Å². The molecule has 0 bridgehead atoms. The maximum Gasteiger partial charge on any atom is 0.239 e. The van der Waals surface area contributed by atoms with Gasteiger partial charge in [0.15, 0.2) is 0 Å². The second-order valence-corrected chi connectivity index (χ2v) is 6.85. The lowest BCUT2D eigenvalue weighted by Crippen LogP contribution is -2.50. The van der Waals surface area contributed by atoms with Crippen LogP contribution < -0.4 is 5.32 Å². The summed E-state index contributed by atoms with van der Waals surface area (Å²) in [6.45, 7) is 6.33. The lowest BCUT2D eigenvalue weighted by molar-refractivity contribution is -0.133. The van der Waals surface area contributed by atoms with E-state index in [4.69, 9.17) is 0 Å². The number of rotatable bonds is 3. The number of likely N-dealkylation sites (tertiary alicyclic amines) is 1. The predicted octanol–water partition coefficient (Wildman–Crippen LogP) is 3.34. The molecule has 1 aliphatic heterocycles. The predicted molar refractivity (Wildman–Crippen MR) is 83.7 cm³/mol. The van der Waals surface area contributed by atoms with E-state index in [0.29, 0.717) is 17.9 Å². The van der Waals surface area contributed by atoms with Crippen molar-refractivity contribution in [1.82, 2.24) is 10.2 Å². The molecule has 1 aliphatic carbocycles. The molecule has 2 rings (SSSR count). The summed E-state index contributed by atoms with van der Waals surface area (Å²) in [6, 6.07) is 0.516. The van der Waals surface area contributed by atoms with Crippen LogP contribution in [0.1, 0.15) is 71.6 Å². The van der Waals surface area contributed by atoms with E-state index in [1.54, 1.807) is 0 Å². The van der Waals surface area contributed by atoms with Gasteiger partial charge < -0.3 is 10.2 Å². The summed E-state index contributed by atoms with van der Waals surface area (Å²) < 4.78 is 0. The Hall–Kier alpha value is -0.570. The van der Waals surface area contributed by atoms with Crippen LogP contribution in [0.15, 0.2) is 0 Å². The molecular weight excluding hydrogens is 248 g/mol. The summed E-state index contributed by atoms with van der Waals surface area (Å²) in [5, 5.41) is 3.63.